The van der Waals surface area contributed by atoms with Crippen LogP contribution in [0.15, 0.2) is 41.2 Å². The lowest BCUT2D eigenvalue weighted by Crippen LogP contribution is -2.26. The molecule has 23 heavy (non-hydrogen) atoms. The number of hydrogen-bond acceptors (Lipinski definition) is 4. The number of pyridine rings is 1. The molecular weight excluding hydrogens is 310 g/mol. The average Bonchev–Trinajstić information content (AvgIpc) is 2.87. The molecule has 0 spiro atoms. The first-order valence-electron chi connectivity index (χ1n) is 7.28. The highest BCUT2D eigenvalue weighted by Gasteiger charge is 2.18. The van der Waals surface area contributed by atoms with Gasteiger partial charge in [-0.3, -0.25) is 9.59 Å². The lowest BCUT2D eigenvalue weighted by Gasteiger charge is -2.10. The minimum atomic E-state index is -0.175. The summed E-state index contributed by atoms with van der Waals surface area (Å²) in [7, 11) is 1.56. The topological polar surface area (TPSA) is 48.3 Å². The molecule has 0 N–H and O–H groups in total. The third-order valence-electron chi connectivity index (χ3n) is 3.88. The lowest BCUT2D eigenvalue weighted by molar-refractivity contribution is 0.0970. The molecule has 0 amide bonds. The highest BCUT2D eigenvalue weighted by Crippen LogP contribution is 2.35. The molecule has 3 aromatic rings. The van der Waals surface area contributed by atoms with Gasteiger partial charge in [0, 0.05) is 20.8 Å². The second-order valence-corrected chi connectivity index (χ2v) is 6.65. The summed E-state index contributed by atoms with van der Waals surface area (Å²) in [4.78, 5) is 26.2. The van der Waals surface area contributed by atoms with E-state index >= 15 is 0 Å². The number of fused-ring (bicyclic) bond motifs is 1. The Labute approximate surface area is 138 Å². The molecule has 0 bridgehead atoms. The number of ether oxygens (including phenoxy) is 1. The van der Waals surface area contributed by atoms with Crippen LogP contribution >= 0.6 is 11.3 Å². The monoisotopic (exact) mass is 327 g/mol. The minimum absolute atomic E-state index is 0.0304. The van der Waals surface area contributed by atoms with Gasteiger partial charge in [-0.15, -0.1) is 11.3 Å². The number of carbonyl (C=O) groups excluding carboxylic acids is 1. The highest BCUT2D eigenvalue weighted by molar-refractivity contribution is 7.19. The number of aromatic nitrogens is 1. The Bertz CT molecular complexity index is 938. The molecule has 1 aromatic carbocycles. The van der Waals surface area contributed by atoms with Gasteiger partial charge in [-0.05, 0) is 19.9 Å². The smallest absolute Gasteiger partial charge is 0.263 e. The van der Waals surface area contributed by atoms with Gasteiger partial charge in [0.25, 0.3) is 5.56 Å². The number of ketones is 1. The summed E-state index contributed by atoms with van der Waals surface area (Å²) in [5.41, 5.74) is 1.20. The summed E-state index contributed by atoms with van der Waals surface area (Å²) in [6.07, 6.45) is 0. The number of rotatable bonds is 4. The SMILES string of the molecule is COc1c(C)sc2cc(C)n(CC(=O)c3ccccc3)c(=O)c12. The van der Waals surface area contributed by atoms with Crippen molar-refractivity contribution in [3.63, 3.8) is 0 Å². The van der Waals surface area contributed by atoms with Crippen LogP contribution in [-0.4, -0.2) is 17.5 Å². The van der Waals surface area contributed by atoms with Crippen LogP contribution in [0.4, 0.5) is 0 Å². The number of Topliss-reactive ketones (excluding diaryl/α,β-unsaturated/α-hetero) is 1. The van der Waals surface area contributed by atoms with Crippen LogP contribution in [0.3, 0.4) is 0 Å². The number of thiophene rings is 1. The van der Waals surface area contributed by atoms with Crippen LogP contribution in [0.5, 0.6) is 5.75 Å². The Hall–Kier alpha value is -2.40. The predicted molar refractivity (Wildman–Crippen MR) is 92.9 cm³/mol. The first-order valence-corrected chi connectivity index (χ1v) is 8.10. The van der Waals surface area contributed by atoms with Crippen LogP contribution in [0.2, 0.25) is 0 Å². The quantitative estimate of drug-likeness (QED) is 0.688. The van der Waals surface area contributed by atoms with Gasteiger partial charge in [-0.2, -0.15) is 0 Å². The summed E-state index contributed by atoms with van der Waals surface area (Å²) in [6, 6.07) is 11.0. The van der Waals surface area contributed by atoms with E-state index in [0.717, 1.165) is 15.3 Å². The van der Waals surface area contributed by atoms with Gasteiger partial charge in [-0.1, -0.05) is 30.3 Å². The molecule has 0 atom stereocenters. The zero-order valence-electron chi connectivity index (χ0n) is 13.3. The number of methoxy groups -OCH3 is 1. The number of hydrogen-bond donors (Lipinski definition) is 0. The molecule has 3 rings (SSSR count). The van der Waals surface area contributed by atoms with Crippen LogP contribution in [-0.2, 0) is 6.54 Å². The van der Waals surface area contributed by atoms with E-state index in [4.69, 9.17) is 4.74 Å². The average molecular weight is 327 g/mol. The fourth-order valence-corrected chi connectivity index (χ4v) is 3.84. The maximum Gasteiger partial charge on any atom is 0.263 e. The van der Waals surface area contributed by atoms with Gasteiger partial charge < -0.3 is 9.30 Å². The Morgan fingerprint density at radius 3 is 2.57 bits per heavy atom. The predicted octanol–water partition coefficient (Wildman–Crippen LogP) is 3.57. The van der Waals surface area contributed by atoms with E-state index in [-0.39, 0.29) is 17.9 Å². The van der Waals surface area contributed by atoms with E-state index in [2.05, 4.69) is 0 Å². The van der Waals surface area contributed by atoms with Gasteiger partial charge in [0.15, 0.2) is 5.78 Å². The van der Waals surface area contributed by atoms with Gasteiger partial charge in [-0.25, -0.2) is 0 Å². The fraction of sp³-hybridized carbons (Fsp3) is 0.222. The molecule has 0 unspecified atom stereocenters. The molecule has 2 aromatic heterocycles. The zero-order valence-corrected chi connectivity index (χ0v) is 14.1. The molecule has 2 heterocycles. The van der Waals surface area contributed by atoms with Gasteiger partial charge in [0.1, 0.15) is 11.1 Å². The van der Waals surface area contributed by atoms with Crippen LogP contribution in [0.25, 0.3) is 10.1 Å². The Morgan fingerprint density at radius 1 is 1.22 bits per heavy atom. The molecule has 0 aliphatic heterocycles. The molecular formula is C18H17NO3S. The standard InChI is InChI=1S/C18H17NO3S/c1-11-9-15-16(17(22-3)12(2)23-15)18(21)19(11)10-14(20)13-7-5-4-6-8-13/h4-9H,10H2,1-3H3. The summed E-state index contributed by atoms with van der Waals surface area (Å²) >= 11 is 1.53. The normalized spacial score (nSPS) is 10.9. The second-order valence-electron chi connectivity index (χ2n) is 5.40. The zero-order chi connectivity index (χ0) is 16.6. The summed E-state index contributed by atoms with van der Waals surface area (Å²) in [5.74, 6) is 0.525. The second kappa shape index (κ2) is 6.01. The summed E-state index contributed by atoms with van der Waals surface area (Å²) in [5, 5.41) is 0.557. The van der Waals surface area contributed by atoms with E-state index in [0.29, 0.717) is 16.7 Å². The van der Waals surface area contributed by atoms with E-state index in [1.165, 1.54) is 15.9 Å². The van der Waals surface area contributed by atoms with Crippen molar-refractivity contribution in [2.24, 2.45) is 0 Å². The summed E-state index contributed by atoms with van der Waals surface area (Å²) < 4.78 is 7.79. The van der Waals surface area contributed by atoms with Gasteiger partial charge in [0.05, 0.1) is 13.7 Å². The van der Waals surface area contributed by atoms with Crippen molar-refractivity contribution >= 4 is 27.2 Å². The maximum atomic E-state index is 12.8. The molecule has 4 nitrogen and oxygen atoms in total. The van der Waals surface area contributed by atoms with E-state index in [9.17, 15) is 9.59 Å². The van der Waals surface area contributed by atoms with Gasteiger partial charge in [0.2, 0.25) is 0 Å². The molecule has 0 aliphatic carbocycles. The molecule has 0 saturated heterocycles. The van der Waals surface area contributed by atoms with Crippen molar-refractivity contribution < 1.29 is 9.53 Å². The van der Waals surface area contributed by atoms with E-state index < -0.39 is 0 Å². The molecule has 118 valence electrons. The molecule has 5 heteroatoms. The molecule has 0 aliphatic rings. The van der Waals surface area contributed by atoms with Crippen LogP contribution in [0, 0.1) is 13.8 Å². The van der Waals surface area contributed by atoms with Crippen LogP contribution < -0.4 is 10.3 Å². The number of benzene rings is 1. The van der Waals surface area contributed by atoms with E-state index in [1.807, 2.05) is 38.1 Å². The Balaban J connectivity index is 2.11. The first-order chi connectivity index (χ1) is 11.0. The van der Waals surface area contributed by atoms with Crippen molar-refractivity contribution in [3.8, 4) is 5.75 Å². The molecule has 0 radical (unpaired) electrons. The number of aryl methyl sites for hydroxylation is 2. The largest absolute Gasteiger partial charge is 0.495 e. The maximum absolute atomic E-state index is 12.8. The van der Waals surface area contributed by atoms with Crippen molar-refractivity contribution in [1.82, 2.24) is 4.57 Å². The fourth-order valence-electron chi connectivity index (χ4n) is 2.72. The highest BCUT2D eigenvalue weighted by atomic mass is 32.1. The third kappa shape index (κ3) is 2.68. The lowest BCUT2D eigenvalue weighted by atomic mass is 10.1. The van der Waals surface area contributed by atoms with Crippen LogP contribution in [0.1, 0.15) is 20.9 Å². The minimum Gasteiger partial charge on any atom is -0.495 e. The number of nitrogens with zero attached hydrogens (tertiary/aromatic N) is 1. The van der Waals surface area contributed by atoms with Crippen molar-refractivity contribution in [2.45, 2.75) is 20.4 Å². The Kier molecular flexibility index (Phi) is 4.05. The van der Waals surface area contributed by atoms with Crippen molar-refractivity contribution in [2.75, 3.05) is 7.11 Å². The van der Waals surface area contributed by atoms with Gasteiger partial charge >= 0.3 is 0 Å². The number of carbonyl (C=O) groups is 1. The van der Waals surface area contributed by atoms with E-state index in [1.54, 1.807) is 19.2 Å². The third-order valence-corrected chi connectivity index (χ3v) is 4.92. The molecule has 0 fully saturated rings. The van der Waals surface area contributed by atoms with Crippen molar-refractivity contribution in [1.29, 1.82) is 0 Å². The van der Waals surface area contributed by atoms with Crippen molar-refractivity contribution in [3.05, 3.63) is 62.9 Å². The molecule has 0 saturated carbocycles. The first kappa shape index (κ1) is 15.5. The summed E-state index contributed by atoms with van der Waals surface area (Å²) in [6.45, 7) is 3.81. The Morgan fingerprint density at radius 2 is 1.91 bits per heavy atom.